The van der Waals surface area contributed by atoms with E-state index in [1.165, 1.54) is 5.56 Å². The molecule has 1 heteroatoms. The lowest BCUT2D eigenvalue weighted by Gasteiger charge is -1.99. The van der Waals surface area contributed by atoms with Gasteiger partial charge in [0.1, 0.15) is 0 Å². The van der Waals surface area contributed by atoms with E-state index in [0.29, 0.717) is 0 Å². The van der Waals surface area contributed by atoms with Crippen LogP contribution in [0, 0.1) is 6.92 Å². The zero-order chi connectivity index (χ0) is 8.55. The minimum absolute atomic E-state index is 0.0769. The monoisotopic (exact) mass is 157 g/mol. The Morgan fingerprint density at radius 3 is 2.75 bits per heavy atom. The minimum Gasteiger partial charge on any atom is -0.290 e. The van der Waals surface area contributed by atoms with Crippen LogP contribution in [0.25, 0.3) is 10.8 Å². The van der Waals surface area contributed by atoms with E-state index in [4.69, 9.17) is 0 Å². The van der Waals surface area contributed by atoms with Crippen molar-refractivity contribution >= 4 is 10.8 Å². The van der Waals surface area contributed by atoms with Crippen LogP contribution >= 0.6 is 0 Å². The predicted octanol–water partition coefficient (Wildman–Crippen LogP) is 3.29. The molecular weight excluding hydrogens is 148 g/mol. The molecule has 0 saturated heterocycles. The molecule has 0 N–H and O–H groups in total. The molecule has 0 amide bonds. The summed E-state index contributed by atoms with van der Waals surface area (Å²) in [6.45, 7) is 2.05. The van der Waals surface area contributed by atoms with Crippen molar-refractivity contribution in [2.24, 2.45) is 0 Å². The van der Waals surface area contributed by atoms with Crippen LogP contribution in [0.2, 0.25) is 0 Å². The Labute approximate surface area is 71.3 Å². The Balaban J connectivity index is 2.86. The van der Waals surface area contributed by atoms with Gasteiger partial charge in [0.05, 0.1) is 0 Å². The zero-order valence-electron chi connectivity index (χ0n) is 6.87. The molecule has 0 heterocycles. The molecule has 0 aliphatic carbocycles. The van der Waals surface area contributed by atoms with Gasteiger partial charge in [0.25, 0.3) is 0 Å². The zero-order valence-corrected chi connectivity index (χ0v) is 6.87. The first-order valence-electron chi connectivity index (χ1n) is 3.94. The van der Waals surface area contributed by atoms with Gasteiger partial charge in [-0.1, -0.05) is 24.3 Å². The molecule has 0 aromatic heterocycles. The summed E-state index contributed by atoms with van der Waals surface area (Å²) in [5.74, 6) is 0.0769. The van der Waals surface area contributed by atoms with E-state index in [0.717, 1.165) is 10.8 Å². The molecule has 12 heavy (non-hydrogen) atoms. The summed E-state index contributed by atoms with van der Waals surface area (Å²) in [6.07, 6.45) is 0. The maximum Gasteiger partial charge on any atom is 0.179 e. The van der Waals surface area contributed by atoms with Gasteiger partial charge >= 0.3 is 0 Å². The van der Waals surface area contributed by atoms with Crippen molar-refractivity contribution < 1.29 is 5.11 Å². The third-order valence-electron chi connectivity index (χ3n) is 2.07. The van der Waals surface area contributed by atoms with Gasteiger partial charge in [-0.05, 0) is 35.4 Å². The molecule has 0 bridgehead atoms. The molecule has 2 rings (SSSR count). The van der Waals surface area contributed by atoms with Crippen LogP contribution in [0.5, 0.6) is 5.75 Å². The molecule has 2 aromatic rings. The Kier molecular flexibility index (Phi) is 1.51. The molecule has 0 spiro atoms. The van der Waals surface area contributed by atoms with Crippen LogP contribution in [-0.2, 0) is 5.11 Å². The first kappa shape index (κ1) is 7.17. The van der Waals surface area contributed by atoms with Crippen LogP contribution in [0.15, 0.2) is 36.4 Å². The number of fused-ring (bicyclic) bond motifs is 1. The third kappa shape index (κ3) is 1.03. The summed E-state index contributed by atoms with van der Waals surface area (Å²) in [5, 5.41) is 13.2. The van der Waals surface area contributed by atoms with E-state index >= 15 is 0 Å². The number of rotatable bonds is 0. The van der Waals surface area contributed by atoms with Crippen LogP contribution in [-0.4, -0.2) is 0 Å². The van der Waals surface area contributed by atoms with Gasteiger partial charge in [-0.25, -0.2) is 0 Å². The Hall–Kier alpha value is -1.50. The summed E-state index contributed by atoms with van der Waals surface area (Å²) < 4.78 is 0. The molecule has 1 radical (unpaired) electrons. The van der Waals surface area contributed by atoms with Crippen molar-refractivity contribution in [3.05, 3.63) is 42.0 Å². The van der Waals surface area contributed by atoms with E-state index < -0.39 is 0 Å². The predicted molar refractivity (Wildman–Crippen MR) is 48.8 cm³/mol. The summed E-state index contributed by atoms with van der Waals surface area (Å²) >= 11 is 0. The van der Waals surface area contributed by atoms with Gasteiger partial charge in [-0.2, -0.15) is 0 Å². The fourth-order valence-electron chi connectivity index (χ4n) is 1.42. The van der Waals surface area contributed by atoms with E-state index in [-0.39, 0.29) is 5.75 Å². The van der Waals surface area contributed by atoms with E-state index in [1.807, 2.05) is 31.2 Å². The maximum atomic E-state index is 11.0. The maximum absolute atomic E-state index is 11.0. The molecule has 2 aromatic carbocycles. The highest BCUT2D eigenvalue weighted by atomic mass is 16.3. The minimum atomic E-state index is 0.0769. The van der Waals surface area contributed by atoms with Gasteiger partial charge in [-0.3, -0.25) is 5.11 Å². The molecule has 1 nitrogen and oxygen atoms in total. The second-order valence-electron chi connectivity index (χ2n) is 2.96. The van der Waals surface area contributed by atoms with Crippen LogP contribution < -0.4 is 0 Å². The van der Waals surface area contributed by atoms with Gasteiger partial charge in [-0.15, -0.1) is 0 Å². The van der Waals surface area contributed by atoms with E-state index in [1.54, 1.807) is 12.1 Å². The van der Waals surface area contributed by atoms with Gasteiger partial charge < -0.3 is 0 Å². The fraction of sp³-hybridized carbons (Fsp3) is 0.0909. The van der Waals surface area contributed by atoms with Crippen LogP contribution in [0.3, 0.4) is 0 Å². The molecule has 0 aliphatic rings. The van der Waals surface area contributed by atoms with Crippen molar-refractivity contribution in [2.45, 2.75) is 6.92 Å². The molecule has 0 unspecified atom stereocenters. The second-order valence-corrected chi connectivity index (χ2v) is 2.96. The van der Waals surface area contributed by atoms with Gasteiger partial charge in [0.15, 0.2) is 5.75 Å². The number of benzene rings is 2. The average Bonchev–Trinajstić information content (AvgIpc) is 2.04. The summed E-state index contributed by atoms with van der Waals surface area (Å²) in [4.78, 5) is 0. The summed E-state index contributed by atoms with van der Waals surface area (Å²) in [7, 11) is 0. The largest absolute Gasteiger partial charge is 0.290 e. The normalized spacial score (nSPS) is 10.4. The smallest absolute Gasteiger partial charge is 0.179 e. The highest BCUT2D eigenvalue weighted by Crippen LogP contribution is 2.22. The van der Waals surface area contributed by atoms with Crippen molar-refractivity contribution in [1.82, 2.24) is 0 Å². The molecule has 0 aliphatic heterocycles. The molecule has 0 atom stereocenters. The van der Waals surface area contributed by atoms with Gasteiger partial charge in [0, 0.05) is 0 Å². The molecular formula is C11H9O. The topological polar surface area (TPSA) is 19.9 Å². The van der Waals surface area contributed by atoms with Crippen molar-refractivity contribution in [1.29, 1.82) is 0 Å². The Bertz CT molecular complexity index is 418. The summed E-state index contributed by atoms with van der Waals surface area (Å²) in [6, 6.07) is 11.1. The Morgan fingerprint density at radius 2 is 1.92 bits per heavy atom. The lowest BCUT2D eigenvalue weighted by atomic mass is 10.1. The van der Waals surface area contributed by atoms with E-state index in [2.05, 4.69) is 0 Å². The Morgan fingerprint density at radius 1 is 1.08 bits per heavy atom. The molecule has 0 fully saturated rings. The lowest BCUT2D eigenvalue weighted by molar-refractivity contribution is 0.355. The first-order valence-corrected chi connectivity index (χ1v) is 3.94. The van der Waals surface area contributed by atoms with Crippen LogP contribution in [0.1, 0.15) is 5.56 Å². The standard InChI is InChI=1S/C11H9O/c1-8-3-2-4-9-7-10(12)5-6-11(8)9/h2-7H,1H3. The second kappa shape index (κ2) is 2.52. The first-order chi connectivity index (χ1) is 5.77. The SMILES string of the molecule is Cc1cccc2cc([O])ccc12. The molecule has 0 saturated carbocycles. The number of hydrogen-bond donors (Lipinski definition) is 0. The van der Waals surface area contributed by atoms with Crippen LogP contribution in [0.4, 0.5) is 0 Å². The lowest BCUT2D eigenvalue weighted by Crippen LogP contribution is -1.76. The molecule has 59 valence electrons. The van der Waals surface area contributed by atoms with Crippen molar-refractivity contribution in [3.63, 3.8) is 0 Å². The summed E-state index contributed by atoms with van der Waals surface area (Å²) in [5.41, 5.74) is 1.22. The third-order valence-corrected chi connectivity index (χ3v) is 2.07. The highest BCUT2D eigenvalue weighted by Gasteiger charge is 1.97. The average molecular weight is 157 g/mol. The van der Waals surface area contributed by atoms with Crippen molar-refractivity contribution in [2.75, 3.05) is 0 Å². The van der Waals surface area contributed by atoms with Gasteiger partial charge in [0.2, 0.25) is 0 Å². The fourth-order valence-corrected chi connectivity index (χ4v) is 1.42. The number of hydrogen-bond acceptors (Lipinski definition) is 0. The quantitative estimate of drug-likeness (QED) is 0.559. The van der Waals surface area contributed by atoms with Crippen molar-refractivity contribution in [3.8, 4) is 5.75 Å². The number of aryl methyl sites for hydroxylation is 1. The highest BCUT2D eigenvalue weighted by molar-refractivity contribution is 5.86. The van der Waals surface area contributed by atoms with E-state index in [9.17, 15) is 5.11 Å².